The van der Waals surface area contributed by atoms with E-state index in [1.165, 1.54) is 28.2 Å². The predicted octanol–water partition coefficient (Wildman–Crippen LogP) is 2.29. The number of hydrogen-bond donors (Lipinski definition) is 1. The van der Waals surface area contributed by atoms with Gasteiger partial charge >= 0.3 is 0 Å². The number of aromatic nitrogens is 3. The molecule has 0 saturated heterocycles. The molecule has 1 aliphatic rings. The Labute approximate surface area is 113 Å². The summed E-state index contributed by atoms with van der Waals surface area (Å²) in [6.07, 6.45) is 3.01. The van der Waals surface area contributed by atoms with Crippen molar-refractivity contribution in [2.75, 3.05) is 6.54 Å². The first-order valence-electron chi connectivity index (χ1n) is 6.80. The van der Waals surface area contributed by atoms with Gasteiger partial charge in [-0.2, -0.15) is 0 Å². The smallest absolute Gasteiger partial charge is 0.125 e. The Morgan fingerprint density at radius 3 is 2.89 bits per heavy atom. The van der Waals surface area contributed by atoms with Crippen molar-refractivity contribution in [3.63, 3.8) is 0 Å². The van der Waals surface area contributed by atoms with E-state index in [1.54, 1.807) is 0 Å². The van der Waals surface area contributed by atoms with Crippen molar-refractivity contribution in [2.45, 2.75) is 40.3 Å². The first-order valence-corrected chi connectivity index (χ1v) is 6.80. The topological polar surface area (TPSA) is 44.8 Å². The molecule has 0 atom stereocenters. The second-order valence-corrected chi connectivity index (χ2v) is 5.45. The molecule has 0 saturated carbocycles. The van der Waals surface area contributed by atoms with E-state index in [-0.39, 0.29) is 0 Å². The van der Waals surface area contributed by atoms with E-state index in [9.17, 15) is 0 Å². The van der Waals surface area contributed by atoms with Crippen LogP contribution in [0.4, 0.5) is 0 Å². The molecule has 3 rings (SSSR count). The molecule has 1 aliphatic heterocycles. The maximum atomic E-state index is 4.53. The normalized spacial score (nSPS) is 15.5. The van der Waals surface area contributed by atoms with E-state index in [2.05, 4.69) is 39.8 Å². The molecule has 0 fully saturated rings. The average Bonchev–Trinajstić information content (AvgIpc) is 2.68. The fraction of sp³-hybridized carbons (Fsp3) is 0.467. The highest BCUT2D eigenvalue weighted by molar-refractivity contribution is 5.25. The summed E-state index contributed by atoms with van der Waals surface area (Å²) in [6.45, 7) is 9.25. The fourth-order valence-electron chi connectivity index (χ4n) is 2.80. The molecule has 0 aliphatic carbocycles. The molecular formula is C15H20N4. The van der Waals surface area contributed by atoms with Crippen LogP contribution in [0.15, 0.2) is 12.3 Å². The van der Waals surface area contributed by atoms with Gasteiger partial charge in [-0.3, -0.25) is 4.90 Å². The highest BCUT2D eigenvalue weighted by Crippen LogP contribution is 2.20. The van der Waals surface area contributed by atoms with Crippen LogP contribution in [0.5, 0.6) is 0 Å². The first-order chi connectivity index (χ1) is 9.11. The quantitative estimate of drug-likeness (QED) is 0.896. The number of hydrogen-bond acceptors (Lipinski definition) is 3. The third-order valence-corrected chi connectivity index (χ3v) is 3.78. The Kier molecular flexibility index (Phi) is 3.11. The number of nitrogens with zero attached hydrogens (tertiary/aromatic N) is 3. The molecule has 4 heteroatoms. The Morgan fingerprint density at radius 1 is 1.32 bits per heavy atom. The molecule has 19 heavy (non-hydrogen) atoms. The molecule has 4 nitrogen and oxygen atoms in total. The zero-order chi connectivity index (χ0) is 13.4. The van der Waals surface area contributed by atoms with Crippen molar-refractivity contribution in [3.8, 4) is 0 Å². The molecule has 0 aromatic carbocycles. The van der Waals surface area contributed by atoms with E-state index >= 15 is 0 Å². The number of rotatable bonds is 2. The lowest BCUT2D eigenvalue weighted by atomic mass is 10.1. The zero-order valence-corrected chi connectivity index (χ0v) is 11.8. The summed E-state index contributed by atoms with van der Waals surface area (Å²) in [4.78, 5) is 14.7. The number of fused-ring (bicyclic) bond motifs is 1. The molecule has 2 aromatic heterocycles. The average molecular weight is 256 g/mol. The molecule has 0 amide bonds. The van der Waals surface area contributed by atoms with Gasteiger partial charge in [-0.25, -0.2) is 9.97 Å². The lowest BCUT2D eigenvalue weighted by Crippen LogP contribution is -2.31. The van der Waals surface area contributed by atoms with Crippen LogP contribution in [0.1, 0.15) is 34.0 Å². The van der Waals surface area contributed by atoms with Crippen LogP contribution in [-0.4, -0.2) is 26.4 Å². The summed E-state index contributed by atoms with van der Waals surface area (Å²) in [5, 5.41) is 0. The van der Waals surface area contributed by atoms with E-state index in [0.717, 1.165) is 31.9 Å². The first kappa shape index (κ1) is 12.4. The van der Waals surface area contributed by atoms with Crippen molar-refractivity contribution in [3.05, 3.63) is 46.3 Å². The fourth-order valence-corrected chi connectivity index (χ4v) is 2.80. The van der Waals surface area contributed by atoms with E-state index < -0.39 is 0 Å². The standard InChI is InChI=1S/C15H20N4/c1-10-6-13(11(2)17-10)8-19-5-4-15-14(9-19)7-16-12(3)18-15/h6-7,17H,4-5,8-9H2,1-3H3. The lowest BCUT2D eigenvalue weighted by molar-refractivity contribution is 0.242. The summed E-state index contributed by atoms with van der Waals surface area (Å²) in [5.41, 5.74) is 6.42. The van der Waals surface area contributed by atoms with Crippen molar-refractivity contribution >= 4 is 0 Å². The van der Waals surface area contributed by atoms with Crippen molar-refractivity contribution in [2.24, 2.45) is 0 Å². The minimum absolute atomic E-state index is 0.879. The number of aryl methyl sites for hydroxylation is 3. The van der Waals surface area contributed by atoms with Gasteiger partial charge in [0, 0.05) is 54.9 Å². The van der Waals surface area contributed by atoms with Crippen molar-refractivity contribution < 1.29 is 0 Å². The Morgan fingerprint density at radius 2 is 2.16 bits per heavy atom. The van der Waals surface area contributed by atoms with Gasteiger partial charge in [-0.05, 0) is 32.4 Å². The molecule has 0 unspecified atom stereocenters. The van der Waals surface area contributed by atoms with Crippen LogP contribution in [0, 0.1) is 20.8 Å². The molecule has 2 aromatic rings. The van der Waals surface area contributed by atoms with E-state index in [1.807, 2.05) is 13.1 Å². The van der Waals surface area contributed by atoms with Gasteiger partial charge in [0.25, 0.3) is 0 Å². The summed E-state index contributed by atoms with van der Waals surface area (Å²) in [5.74, 6) is 0.879. The molecule has 0 radical (unpaired) electrons. The van der Waals surface area contributed by atoms with Crippen LogP contribution >= 0.6 is 0 Å². The minimum atomic E-state index is 0.879. The monoisotopic (exact) mass is 256 g/mol. The third-order valence-electron chi connectivity index (χ3n) is 3.78. The number of H-pyrrole nitrogens is 1. The van der Waals surface area contributed by atoms with Crippen molar-refractivity contribution in [1.29, 1.82) is 0 Å². The Bertz CT molecular complexity index is 600. The van der Waals surface area contributed by atoms with Crippen LogP contribution in [0.2, 0.25) is 0 Å². The molecular weight excluding hydrogens is 236 g/mol. The molecule has 1 N–H and O–H groups in total. The van der Waals surface area contributed by atoms with E-state index in [4.69, 9.17) is 0 Å². The molecule has 0 spiro atoms. The van der Waals surface area contributed by atoms with Gasteiger partial charge in [0.15, 0.2) is 0 Å². The highest BCUT2D eigenvalue weighted by Gasteiger charge is 2.18. The predicted molar refractivity (Wildman–Crippen MR) is 74.9 cm³/mol. The minimum Gasteiger partial charge on any atom is -0.362 e. The zero-order valence-electron chi connectivity index (χ0n) is 11.8. The largest absolute Gasteiger partial charge is 0.362 e. The van der Waals surface area contributed by atoms with Crippen LogP contribution in [0.3, 0.4) is 0 Å². The van der Waals surface area contributed by atoms with Crippen molar-refractivity contribution in [1.82, 2.24) is 19.9 Å². The number of aromatic amines is 1. The van der Waals surface area contributed by atoms with Gasteiger partial charge in [-0.15, -0.1) is 0 Å². The maximum Gasteiger partial charge on any atom is 0.125 e. The Hall–Kier alpha value is -1.68. The van der Waals surface area contributed by atoms with Gasteiger partial charge in [-0.1, -0.05) is 0 Å². The van der Waals surface area contributed by atoms with Gasteiger partial charge in [0.2, 0.25) is 0 Å². The second kappa shape index (κ2) is 4.78. The summed E-state index contributed by atoms with van der Waals surface area (Å²) >= 11 is 0. The van der Waals surface area contributed by atoms with Crippen LogP contribution in [-0.2, 0) is 19.5 Å². The lowest BCUT2D eigenvalue weighted by Gasteiger charge is -2.27. The van der Waals surface area contributed by atoms with E-state index in [0.29, 0.717) is 0 Å². The molecule has 0 bridgehead atoms. The molecule has 100 valence electrons. The Balaban J connectivity index is 1.75. The SMILES string of the molecule is Cc1ncc2c(n1)CCN(Cc1cc(C)[nH]c1C)C2. The van der Waals surface area contributed by atoms with Gasteiger partial charge in [0.1, 0.15) is 5.82 Å². The maximum absolute atomic E-state index is 4.53. The summed E-state index contributed by atoms with van der Waals surface area (Å²) < 4.78 is 0. The summed E-state index contributed by atoms with van der Waals surface area (Å²) in [7, 11) is 0. The van der Waals surface area contributed by atoms with Crippen LogP contribution < -0.4 is 0 Å². The number of nitrogens with one attached hydrogen (secondary N) is 1. The second-order valence-electron chi connectivity index (χ2n) is 5.45. The summed E-state index contributed by atoms with van der Waals surface area (Å²) in [6, 6.07) is 2.25. The van der Waals surface area contributed by atoms with Gasteiger partial charge < -0.3 is 4.98 Å². The van der Waals surface area contributed by atoms with Crippen LogP contribution in [0.25, 0.3) is 0 Å². The molecule has 3 heterocycles. The van der Waals surface area contributed by atoms with Gasteiger partial charge in [0.05, 0.1) is 0 Å². The third kappa shape index (κ3) is 2.54. The highest BCUT2D eigenvalue weighted by atomic mass is 15.1.